The Hall–Kier alpha value is -1.20. The Morgan fingerprint density at radius 3 is 2.65 bits per heavy atom. The van der Waals surface area contributed by atoms with E-state index in [4.69, 9.17) is 9.47 Å². The van der Waals surface area contributed by atoms with Gasteiger partial charge in [0.1, 0.15) is 12.4 Å². The molecule has 1 atom stereocenters. The summed E-state index contributed by atoms with van der Waals surface area (Å²) in [5, 5.41) is 3.19. The highest BCUT2D eigenvalue weighted by molar-refractivity contribution is 5.37. The Balaban J connectivity index is 2.53. The number of halogens is 2. The highest BCUT2D eigenvalue weighted by Crippen LogP contribution is 2.21. The topological polar surface area (TPSA) is 30.5 Å². The van der Waals surface area contributed by atoms with Crippen molar-refractivity contribution in [1.82, 2.24) is 5.32 Å². The van der Waals surface area contributed by atoms with Crippen molar-refractivity contribution in [3.8, 4) is 5.75 Å². The summed E-state index contributed by atoms with van der Waals surface area (Å²) in [7, 11) is 3.51. The van der Waals surface area contributed by atoms with Crippen LogP contribution in [0.25, 0.3) is 0 Å². The van der Waals surface area contributed by atoms with Gasteiger partial charge in [-0.15, -0.1) is 0 Å². The molecule has 0 aliphatic rings. The van der Waals surface area contributed by atoms with E-state index in [1.54, 1.807) is 7.11 Å². The Morgan fingerprint density at radius 1 is 1.30 bits per heavy atom. The molecular formula is C15H23F2NO2. The third-order valence-electron chi connectivity index (χ3n) is 3.16. The summed E-state index contributed by atoms with van der Waals surface area (Å²) >= 11 is 0. The highest BCUT2D eigenvalue weighted by atomic mass is 19.3. The number of ether oxygens (including phenoxy) is 2. The summed E-state index contributed by atoms with van der Waals surface area (Å²) in [4.78, 5) is 0. The lowest BCUT2D eigenvalue weighted by Gasteiger charge is -2.18. The number of hydrogen-bond acceptors (Lipinski definition) is 3. The van der Waals surface area contributed by atoms with Gasteiger partial charge in [-0.3, -0.25) is 0 Å². The fourth-order valence-electron chi connectivity index (χ4n) is 2.08. The number of hydrogen-bond donors (Lipinski definition) is 1. The quantitative estimate of drug-likeness (QED) is 0.708. The minimum Gasteiger partial charge on any atom is -0.496 e. The van der Waals surface area contributed by atoms with E-state index >= 15 is 0 Å². The number of likely N-dealkylation sites (N-methyl/N-ethyl adjacent to an activating group) is 1. The zero-order chi connectivity index (χ0) is 15.0. The lowest BCUT2D eigenvalue weighted by atomic mass is 10.0. The molecule has 3 nitrogen and oxygen atoms in total. The minimum atomic E-state index is -2.40. The molecule has 0 spiro atoms. The van der Waals surface area contributed by atoms with Gasteiger partial charge in [0, 0.05) is 12.6 Å². The molecule has 0 radical (unpaired) electrons. The summed E-state index contributed by atoms with van der Waals surface area (Å²) in [6.07, 6.45) is -0.945. The van der Waals surface area contributed by atoms with Gasteiger partial charge in [-0.1, -0.05) is 17.7 Å². The zero-order valence-electron chi connectivity index (χ0n) is 12.3. The normalized spacial score (nSPS) is 12.7. The highest BCUT2D eigenvalue weighted by Gasteiger charge is 2.12. The molecular weight excluding hydrogens is 264 g/mol. The van der Waals surface area contributed by atoms with Crippen molar-refractivity contribution < 1.29 is 18.3 Å². The van der Waals surface area contributed by atoms with E-state index in [1.165, 1.54) is 5.56 Å². The lowest BCUT2D eigenvalue weighted by molar-refractivity contribution is 0.0146. The zero-order valence-corrected chi connectivity index (χ0v) is 12.3. The lowest BCUT2D eigenvalue weighted by Crippen LogP contribution is -2.29. The van der Waals surface area contributed by atoms with Gasteiger partial charge in [0.05, 0.1) is 7.11 Å². The van der Waals surface area contributed by atoms with E-state index in [0.717, 1.165) is 17.7 Å². The first-order valence-corrected chi connectivity index (χ1v) is 6.73. The average molecular weight is 287 g/mol. The smallest absolute Gasteiger partial charge is 0.261 e. The number of alkyl halides is 2. The summed E-state index contributed by atoms with van der Waals surface area (Å²) < 4.78 is 34.2. The molecule has 0 heterocycles. The van der Waals surface area contributed by atoms with Crippen molar-refractivity contribution in [2.75, 3.05) is 27.4 Å². The summed E-state index contributed by atoms with van der Waals surface area (Å²) in [6.45, 7) is 1.86. The molecule has 5 heteroatoms. The first-order valence-electron chi connectivity index (χ1n) is 6.73. The fraction of sp³-hybridized carbons (Fsp3) is 0.600. The molecule has 0 fully saturated rings. The maximum absolute atomic E-state index is 12.0. The number of aryl methyl sites for hydroxylation is 1. The van der Waals surface area contributed by atoms with Crippen LogP contribution in [0.3, 0.4) is 0 Å². The van der Waals surface area contributed by atoms with Crippen molar-refractivity contribution in [3.05, 3.63) is 29.3 Å². The largest absolute Gasteiger partial charge is 0.496 e. The van der Waals surface area contributed by atoms with Gasteiger partial charge in [-0.2, -0.15) is 0 Å². The summed E-state index contributed by atoms with van der Waals surface area (Å²) in [6, 6.07) is 6.21. The van der Waals surface area contributed by atoms with Crippen molar-refractivity contribution in [1.29, 1.82) is 0 Å². The first-order chi connectivity index (χ1) is 9.56. The Bertz CT molecular complexity index is 399. The van der Waals surface area contributed by atoms with Crippen LogP contribution in [0.4, 0.5) is 8.78 Å². The molecule has 0 amide bonds. The molecule has 1 rings (SSSR count). The maximum Gasteiger partial charge on any atom is 0.261 e. The SMILES string of the molecule is CNC(CCOCC(F)F)Cc1cc(C)ccc1OC. The second kappa shape index (κ2) is 8.87. The minimum absolute atomic E-state index is 0.170. The number of methoxy groups -OCH3 is 1. The van der Waals surface area contributed by atoms with Crippen LogP contribution < -0.4 is 10.1 Å². The third-order valence-corrected chi connectivity index (χ3v) is 3.16. The second-order valence-electron chi connectivity index (χ2n) is 4.76. The molecule has 114 valence electrons. The van der Waals surface area contributed by atoms with Crippen molar-refractivity contribution >= 4 is 0 Å². The molecule has 0 saturated heterocycles. The van der Waals surface area contributed by atoms with Crippen LogP contribution in [0.15, 0.2) is 18.2 Å². The molecule has 1 unspecified atom stereocenters. The molecule has 0 bridgehead atoms. The molecule has 20 heavy (non-hydrogen) atoms. The van der Waals surface area contributed by atoms with Crippen molar-refractivity contribution in [2.45, 2.75) is 32.2 Å². The van der Waals surface area contributed by atoms with Crippen LogP contribution in [0.1, 0.15) is 17.5 Å². The van der Waals surface area contributed by atoms with E-state index in [1.807, 2.05) is 26.1 Å². The van der Waals surface area contributed by atoms with Crippen molar-refractivity contribution in [3.63, 3.8) is 0 Å². The standard InChI is InChI=1S/C15H23F2NO2/c1-11-4-5-14(19-3)12(8-11)9-13(18-2)6-7-20-10-15(16)17/h4-5,8,13,15,18H,6-7,9-10H2,1-3H3. The van der Waals surface area contributed by atoms with E-state index in [0.29, 0.717) is 13.0 Å². The van der Waals surface area contributed by atoms with Crippen LogP contribution in [0.5, 0.6) is 5.75 Å². The molecule has 0 aliphatic carbocycles. The Labute approximate surface area is 119 Å². The summed E-state index contributed by atoms with van der Waals surface area (Å²) in [5.41, 5.74) is 2.28. The summed E-state index contributed by atoms with van der Waals surface area (Å²) in [5.74, 6) is 0.851. The van der Waals surface area contributed by atoms with Crippen molar-refractivity contribution in [2.24, 2.45) is 0 Å². The van der Waals surface area contributed by atoms with Gasteiger partial charge in [0.15, 0.2) is 0 Å². The fourth-order valence-corrected chi connectivity index (χ4v) is 2.08. The Kier molecular flexibility index (Phi) is 7.47. The van der Waals surface area contributed by atoms with Crippen LogP contribution in [-0.4, -0.2) is 39.8 Å². The number of benzene rings is 1. The van der Waals surface area contributed by atoms with E-state index in [9.17, 15) is 8.78 Å². The Morgan fingerprint density at radius 2 is 2.05 bits per heavy atom. The molecule has 0 aliphatic heterocycles. The van der Waals surface area contributed by atoms with Gasteiger partial charge in [0.2, 0.25) is 0 Å². The molecule has 0 aromatic heterocycles. The molecule has 1 N–H and O–H groups in total. The van der Waals surface area contributed by atoms with Gasteiger partial charge < -0.3 is 14.8 Å². The molecule has 0 saturated carbocycles. The number of rotatable bonds is 9. The van der Waals surface area contributed by atoms with Crippen LogP contribution in [0, 0.1) is 6.92 Å². The number of nitrogens with one attached hydrogen (secondary N) is 1. The van der Waals surface area contributed by atoms with E-state index in [-0.39, 0.29) is 6.04 Å². The average Bonchev–Trinajstić information content (AvgIpc) is 2.42. The van der Waals surface area contributed by atoms with Crippen LogP contribution >= 0.6 is 0 Å². The van der Waals surface area contributed by atoms with Crippen LogP contribution in [-0.2, 0) is 11.2 Å². The monoisotopic (exact) mass is 287 g/mol. The van der Waals surface area contributed by atoms with E-state index in [2.05, 4.69) is 11.4 Å². The molecule has 1 aromatic carbocycles. The van der Waals surface area contributed by atoms with Gasteiger partial charge in [-0.25, -0.2) is 8.78 Å². The van der Waals surface area contributed by atoms with E-state index < -0.39 is 13.0 Å². The van der Waals surface area contributed by atoms with Gasteiger partial charge >= 0.3 is 0 Å². The van der Waals surface area contributed by atoms with Crippen LogP contribution in [0.2, 0.25) is 0 Å². The first kappa shape index (κ1) is 16.9. The second-order valence-corrected chi connectivity index (χ2v) is 4.76. The predicted molar refractivity (Wildman–Crippen MR) is 75.7 cm³/mol. The maximum atomic E-state index is 12.0. The van der Waals surface area contributed by atoms with Gasteiger partial charge in [0.25, 0.3) is 6.43 Å². The molecule has 1 aromatic rings. The third kappa shape index (κ3) is 5.84. The van der Waals surface area contributed by atoms with Gasteiger partial charge in [-0.05, 0) is 38.4 Å². The predicted octanol–water partition coefficient (Wildman–Crippen LogP) is 2.81.